The lowest BCUT2D eigenvalue weighted by Crippen LogP contribution is -2.66. The zero-order chi connectivity index (χ0) is 15.2. The molecule has 1 heterocycles. The number of carbonyl (C=O) groups is 3. The second-order valence-corrected chi connectivity index (χ2v) is 7.06. The van der Waals surface area contributed by atoms with Crippen LogP contribution in [0.25, 0.3) is 0 Å². The summed E-state index contributed by atoms with van der Waals surface area (Å²) in [6, 6.07) is -0.569. The first kappa shape index (κ1) is 14.5. The Morgan fingerprint density at radius 1 is 1.05 bits per heavy atom. The van der Waals surface area contributed by atoms with E-state index in [2.05, 4.69) is 19.2 Å². The number of urea groups is 1. The molecule has 21 heavy (non-hydrogen) atoms. The van der Waals surface area contributed by atoms with Gasteiger partial charge in [-0.15, -0.1) is 0 Å². The molecule has 1 aliphatic heterocycles. The summed E-state index contributed by atoms with van der Waals surface area (Å²) in [7, 11) is 0. The van der Waals surface area contributed by atoms with Gasteiger partial charge >= 0.3 is 6.03 Å². The Labute approximate surface area is 125 Å². The largest absolute Gasteiger partial charge is 0.331 e. The number of rotatable bonds is 1. The van der Waals surface area contributed by atoms with Gasteiger partial charge < -0.3 is 0 Å². The molecule has 1 N–H and O–H groups in total. The SMILES string of the molecule is CC1CCCC(N2C(=O)NC(=O)C3(CCCC3)C2=O)C1C. The lowest BCUT2D eigenvalue weighted by atomic mass is 9.75. The van der Waals surface area contributed by atoms with Crippen LogP contribution in [0, 0.1) is 17.3 Å². The van der Waals surface area contributed by atoms with Crippen LogP contribution in [0.3, 0.4) is 0 Å². The van der Waals surface area contributed by atoms with E-state index in [1.807, 2.05) is 0 Å². The number of hydrogen-bond donors (Lipinski definition) is 1. The molecule has 0 aromatic heterocycles. The van der Waals surface area contributed by atoms with Gasteiger partial charge in [0.15, 0.2) is 0 Å². The molecule has 3 rings (SSSR count). The van der Waals surface area contributed by atoms with Crippen LogP contribution < -0.4 is 5.32 Å². The normalized spacial score (nSPS) is 36.2. The molecule has 0 bridgehead atoms. The summed E-state index contributed by atoms with van der Waals surface area (Å²) in [6.45, 7) is 4.30. The monoisotopic (exact) mass is 292 g/mol. The minimum absolute atomic E-state index is 0.0631. The average molecular weight is 292 g/mol. The number of barbiturate groups is 1. The van der Waals surface area contributed by atoms with Gasteiger partial charge in [-0.25, -0.2) is 4.79 Å². The smallest absolute Gasteiger partial charge is 0.277 e. The van der Waals surface area contributed by atoms with Gasteiger partial charge in [-0.2, -0.15) is 0 Å². The Balaban J connectivity index is 1.92. The van der Waals surface area contributed by atoms with Gasteiger partial charge in [-0.1, -0.05) is 39.5 Å². The van der Waals surface area contributed by atoms with Gasteiger partial charge in [0.25, 0.3) is 0 Å². The maximum absolute atomic E-state index is 13.0. The number of nitrogens with one attached hydrogen (secondary N) is 1. The van der Waals surface area contributed by atoms with Gasteiger partial charge in [0.2, 0.25) is 11.8 Å². The third kappa shape index (κ3) is 2.09. The molecule has 5 heteroatoms. The van der Waals surface area contributed by atoms with Crippen molar-refractivity contribution in [2.24, 2.45) is 17.3 Å². The molecule has 1 spiro atoms. The molecule has 3 aliphatic rings. The second-order valence-electron chi connectivity index (χ2n) is 7.06. The minimum Gasteiger partial charge on any atom is -0.277 e. The highest BCUT2D eigenvalue weighted by Crippen LogP contribution is 2.44. The van der Waals surface area contributed by atoms with Crippen molar-refractivity contribution in [3.8, 4) is 0 Å². The molecule has 0 aromatic carbocycles. The van der Waals surface area contributed by atoms with Crippen molar-refractivity contribution < 1.29 is 14.4 Å². The Hall–Kier alpha value is -1.39. The first-order chi connectivity index (χ1) is 9.97. The van der Waals surface area contributed by atoms with Gasteiger partial charge in [-0.3, -0.25) is 19.8 Å². The van der Waals surface area contributed by atoms with Crippen LogP contribution in [0.2, 0.25) is 0 Å². The number of carbonyl (C=O) groups excluding carboxylic acids is 3. The maximum atomic E-state index is 13.0. The maximum Gasteiger partial charge on any atom is 0.331 e. The molecular weight excluding hydrogens is 268 g/mol. The molecule has 3 unspecified atom stereocenters. The zero-order valence-corrected chi connectivity index (χ0v) is 12.9. The third-order valence-electron chi connectivity index (χ3n) is 5.95. The summed E-state index contributed by atoms with van der Waals surface area (Å²) in [4.78, 5) is 38.9. The molecule has 2 saturated carbocycles. The topological polar surface area (TPSA) is 66.5 Å². The third-order valence-corrected chi connectivity index (χ3v) is 5.95. The van der Waals surface area contributed by atoms with E-state index in [-0.39, 0.29) is 17.9 Å². The highest BCUT2D eigenvalue weighted by atomic mass is 16.2. The van der Waals surface area contributed by atoms with E-state index in [4.69, 9.17) is 0 Å². The van der Waals surface area contributed by atoms with E-state index < -0.39 is 11.4 Å². The van der Waals surface area contributed by atoms with E-state index in [0.717, 1.165) is 32.1 Å². The Morgan fingerprint density at radius 3 is 2.38 bits per heavy atom. The molecule has 3 atom stereocenters. The van der Waals surface area contributed by atoms with Gasteiger partial charge in [0.05, 0.1) is 0 Å². The van der Waals surface area contributed by atoms with Crippen molar-refractivity contribution in [2.45, 2.75) is 64.8 Å². The van der Waals surface area contributed by atoms with Crippen molar-refractivity contribution in [1.29, 1.82) is 0 Å². The molecule has 1 saturated heterocycles. The molecule has 116 valence electrons. The summed E-state index contributed by atoms with van der Waals surface area (Å²) < 4.78 is 0. The summed E-state index contributed by atoms with van der Waals surface area (Å²) in [6.07, 6.45) is 5.97. The average Bonchev–Trinajstić information content (AvgIpc) is 2.92. The predicted molar refractivity (Wildman–Crippen MR) is 77.3 cm³/mol. The lowest BCUT2D eigenvalue weighted by Gasteiger charge is -2.45. The Bertz CT molecular complexity index is 482. The van der Waals surface area contributed by atoms with Crippen LogP contribution in [-0.2, 0) is 9.59 Å². The molecule has 5 nitrogen and oxygen atoms in total. The lowest BCUT2D eigenvalue weighted by molar-refractivity contribution is -0.154. The summed E-state index contributed by atoms with van der Waals surface area (Å²) in [5.74, 6) is 0.184. The zero-order valence-electron chi connectivity index (χ0n) is 12.9. The van der Waals surface area contributed by atoms with Gasteiger partial charge in [-0.05, 0) is 31.1 Å². The van der Waals surface area contributed by atoms with Crippen LogP contribution in [-0.4, -0.2) is 28.8 Å². The molecule has 2 aliphatic carbocycles. The fourth-order valence-corrected chi connectivity index (χ4v) is 4.34. The molecular formula is C16H24N2O3. The van der Waals surface area contributed by atoms with Crippen molar-refractivity contribution in [2.75, 3.05) is 0 Å². The fraction of sp³-hybridized carbons (Fsp3) is 0.812. The molecule has 0 aromatic rings. The van der Waals surface area contributed by atoms with Crippen LogP contribution in [0.1, 0.15) is 58.8 Å². The van der Waals surface area contributed by atoms with E-state index in [1.165, 1.54) is 4.90 Å². The second kappa shape index (κ2) is 5.11. The van der Waals surface area contributed by atoms with Crippen LogP contribution in [0.5, 0.6) is 0 Å². The summed E-state index contributed by atoms with van der Waals surface area (Å²) in [5, 5.41) is 2.45. The van der Waals surface area contributed by atoms with Crippen molar-refractivity contribution in [3.05, 3.63) is 0 Å². The van der Waals surface area contributed by atoms with Crippen LogP contribution in [0.4, 0.5) is 4.79 Å². The highest BCUT2D eigenvalue weighted by Gasteiger charge is 2.57. The number of amides is 4. The van der Waals surface area contributed by atoms with Crippen molar-refractivity contribution in [3.63, 3.8) is 0 Å². The predicted octanol–water partition coefficient (Wildman–Crippen LogP) is 2.45. The Kier molecular flexibility index (Phi) is 3.54. The minimum atomic E-state index is -0.964. The van der Waals surface area contributed by atoms with E-state index in [1.54, 1.807) is 0 Å². The van der Waals surface area contributed by atoms with E-state index in [0.29, 0.717) is 24.7 Å². The first-order valence-corrected chi connectivity index (χ1v) is 8.16. The van der Waals surface area contributed by atoms with E-state index in [9.17, 15) is 14.4 Å². The molecule has 3 fully saturated rings. The number of imide groups is 2. The summed E-state index contributed by atoms with van der Waals surface area (Å²) in [5.41, 5.74) is -0.964. The first-order valence-electron chi connectivity index (χ1n) is 8.16. The van der Waals surface area contributed by atoms with Crippen LogP contribution >= 0.6 is 0 Å². The highest BCUT2D eigenvalue weighted by molar-refractivity contribution is 6.19. The molecule has 0 radical (unpaired) electrons. The standard InChI is InChI=1S/C16H24N2O3/c1-10-6-5-7-12(11(10)2)18-14(20)16(8-3-4-9-16)13(19)17-15(18)21/h10-12H,3-9H2,1-2H3,(H,17,19,21). The molecule has 4 amide bonds. The quantitative estimate of drug-likeness (QED) is 0.755. The fourth-order valence-electron chi connectivity index (χ4n) is 4.34. The van der Waals surface area contributed by atoms with Gasteiger partial charge in [0.1, 0.15) is 5.41 Å². The Morgan fingerprint density at radius 2 is 1.71 bits per heavy atom. The number of nitrogens with zero attached hydrogens (tertiary/aromatic N) is 1. The van der Waals surface area contributed by atoms with Crippen molar-refractivity contribution in [1.82, 2.24) is 10.2 Å². The van der Waals surface area contributed by atoms with E-state index >= 15 is 0 Å². The number of hydrogen-bond acceptors (Lipinski definition) is 3. The van der Waals surface area contributed by atoms with Crippen LogP contribution in [0.15, 0.2) is 0 Å². The van der Waals surface area contributed by atoms with Crippen molar-refractivity contribution >= 4 is 17.8 Å². The summed E-state index contributed by atoms with van der Waals surface area (Å²) >= 11 is 0. The van der Waals surface area contributed by atoms with Gasteiger partial charge in [0, 0.05) is 6.04 Å².